The Labute approximate surface area is 81.7 Å². The SMILES string of the molecule is CN=Cc1cc(C(=O)NC)ccc1F. The highest BCUT2D eigenvalue weighted by atomic mass is 19.1. The molecule has 0 radical (unpaired) electrons. The number of carbonyl (C=O) groups is 1. The molecule has 1 aromatic carbocycles. The van der Waals surface area contributed by atoms with E-state index in [9.17, 15) is 9.18 Å². The lowest BCUT2D eigenvalue weighted by molar-refractivity contribution is 0.0963. The molecule has 0 saturated heterocycles. The zero-order chi connectivity index (χ0) is 10.6. The number of hydrogen-bond donors (Lipinski definition) is 1. The van der Waals surface area contributed by atoms with Crippen LogP contribution in [0.1, 0.15) is 15.9 Å². The van der Waals surface area contributed by atoms with Gasteiger partial charge in [-0.05, 0) is 18.2 Å². The van der Waals surface area contributed by atoms with Crippen molar-refractivity contribution in [3.05, 3.63) is 35.1 Å². The van der Waals surface area contributed by atoms with Crippen molar-refractivity contribution in [3.63, 3.8) is 0 Å². The van der Waals surface area contributed by atoms with Crippen molar-refractivity contribution in [2.75, 3.05) is 14.1 Å². The van der Waals surface area contributed by atoms with Gasteiger partial charge in [0.2, 0.25) is 0 Å². The zero-order valence-electron chi connectivity index (χ0n) is 8.04. The Balaban J connectivity index is 3.12. The third-order valence-corrected chi connectivity index (χ3v) is 1.75. The maximum atomic E-state index is 13.1. The second-order valence-electron chi connectivity index (χ2n) is 2.70. The maximum absolute atomic E-state index is 13.1. The molecule has 0 spiro atoms. The van der Waals surface area contributed by atoms with E-state index < -0.39 is 0 Å². The zero-order valence-corrected chi connectivity index (χ0v) is 8.04. The van der Waals surface area contributed by atoms with E-state index >= 15 is 0 Å². The molecule has 3 nitrogen and oxygen atoms in total. The number of amides is 1. The average molecular weight is 194 g/mol. The lowest BCUT2D eigenvalue weighted by Crippen LogP contribution is -2.18. The van der Waals surface area contributed by atoms with Crippen LogP contribution in [0.15, 0.2) is 23.2 Å². The summed E-state index contributed by atoms with van der Waals surface area (Å²) in [4.78, 5) is 14.9. The summed E-state index contributed by atoms with van der Waals surface area (Å²) in [6.45, 7) is 0. The second-order valence-corrected chi connectivity index (χ2v) is 2.70. The number of nitrogens with one attached hydrogen (secondary N) is 1. The van der Waals surface area contributed by atoms with Crippen LogP contribution < -0.4 is 5.32 Å². The molecule has 0 bridgehead atoms. The van der Waals surface area contributed by atoms with E-state index in [0.717, 1.165) is 0 Å². The summed E-state index contributed by atoms with van der Waals surface area (Å²) in [7, 11) is 3.07. The van der Waals surface area contributed by atoms with Crippen molar-refractivity contribution in [1.82, 2.24) is 5.32 Å². The van der Waals surface area contributed by atoms with Gasteiger partial charge >= 0.3 is 0 Å². The van der Waals surface area contributed by atoms with Crippen LogP contribution in [-0.4, -0.2) is 26.2 Å². The Morgan fingerprint density at radius 2 is 2.29 bits per heavy atom. The van der Waals surface area contributed by atoms with Crippen LogP contribution in [-0.2, 0) is 0 Å². The molecule has 14 heavy (non-hydrogen) atoms. The molecule has 0 fully saturated rings. The lowest BCUT2D eigenvalue weighted by Gasteiger charge is -2.01. The Hall–Kier alpha value is -1.71. The van der Waals surface area contributed by atoms with Gasteiger partial charge < -0.3 is 5.32 Å². The highest BCUT2D eigenvalue weighted by Gasteiger charge is 2.06. The van der Waals surface area contributed by atoms with Crippen LogP contribution in [0, 0.1) is 5.82 Å². The fourth-order valence-corrected chi connectivity index (χ4v) is 1.07. The molecule has 0 saturated carbocycles. The molecule has 1 aromatic rings. The lowest BCUT2D eigenvalue weighted by atomic mass is 10.1. The standard InChI is InChI=1S/C10H11FN2O/c1-12-6-8-5-7(10(14)13-2)3-4-9(8)11/h3-6H,1-2H3,(H,13,14). The minimum atomic E-state index is -0.386. The monoisotopic (exact) mass is 194 g/mol. The van der Waals surface area contributed by atoms with E-state index in [0.29, 0.717) is 11.1 Å². The van der Waals surface area contributed by atoms with E-state index in [1.54, 1.807) is 7.05 Å². The highest BCUT2D eigenvalue weighted by molar-refractivity contribution is 5.96. The molecule has 1 rings (SSSR count). The van der Waals surface area contributed by atoms with Gasteiger partial charge in [-0.15, -0.1) is 0 Å². The largest absolute Gasteiger partial charge is 0.355 e. The van der Waals surface area contributed by atoms with Gasteiger partial charge in [0.05, 0.1) is 0 Å². The number of carbonyl (C=O) groups excluding carboxylic acids is 1. The molecule has 1 N–H and O–H groups in total. The molecular formula is C10H11FN2O. The predicted molar refractivity (Wildman–Crippen MR) is 53.3 cm³/mol. The molecule has 0 atom stereocenters. The molecule has 1 amide bonds. The molecule has 0 heterocycles. The van der Waals surface area contributed by atoms with Gasteiger partial charge in [0.1, 0.15) is 5.82 Å². The number of nitrogens with zero attached hydrogens (tertiary/aromatic N) is 1. The van der Waals surface area contributed by atoms with Gasteiger partial charge in [0.15, 0.2) is 0 Å². The number of halogens is 1. The van der Waals surface area contributed by atoms with Gasteiger partial charge in [0, 0.05) is 31.4 Å². The summed E-state index contributed by atoms with van der Waals surface area (Å²) >= 11 is 0. The van der Waals surface area contributed by atoms with Crippen molar-refractivity contribution in [2.45, 2.75) is 0 Å². The molecule has 4 heteroatoms. The molecule has 0 aliphatic heterocycles. The number of benzene rings is 1. The fourth-order valence-electron chi connectivity index (χ4n) is 1.07. The fraction of sp³-hybridized carbons (Fsp3) is 0.200. The third kappa shape index (κ3) is 2.16. The quantitative estimate of drug-likeness (QED) is 0.707. The predicted octanol–water partition coefficient (Wildman–Crippen LogP) is 1.23. The molecule has 0 aliphatic rings. The minimum absolute atomic E-state index is 0.240. The summed E-state index contributed by atoms with van der Waals surface area (Å²) < 4.78 is 13.1. The van der Waals surface area contributed by atoms with Crippen LogP contribution in [0.3, 0.4) is 0 Å². The van der Waals surface area contributed by atoms with Gasteiger partial charge in [-0.25, -0.2) is 4.39 Å². The minimum Gasteiger partial charge on any atom is -0.355 e. The van der Waals surface area contributed by atoms with E-state index in [1.165, 1.54) is 31.5 Å². The van der Waals surface area contributed by atoms with Crippen LogP contribution in [0.2, 0.25) is 0 Å². The van der Waals surface area contributed by atoms with Crippen molar-refractivity contribution in [1.29, 1.82) is 0 Å². The van der Waals surface area contributed by atoms with E-state index in [4.69, 9.17) is 0 Å². The first-order valence-corrected chi connectivity index (χ1v) is 4.13. The highest BCUT2D eigenvalue weighted by Crippen LogP contribution is 2.08. The molecule has 0 aliphatic carbocycles. The second kappa shape index (κ2) is 4.50. The summed E-state index contributed by atoms with van der Waals surface area (Å²) in [5.74, 6) is -0.626. The molecular weight excluding hydrogens is 183 g/mol. The molecule has 0 aromatic heterocycles. The number of rotatable bonds is 2. The smallest absolute Gasteiger partial charge is 0.251 e. The first-order valence-electron chi connectivity index (χ1n) is 4.13. The van der Waals surface area contributed by atoms with Crippen LogP contribution >= 0.6 is 0 Å². The average Bonchev–Trinajstić information content (AvgIpc) is 2.20. The maximum Gasteiger partial charge on any atom is 0.251 e. The van der Waals surface area contributed by atoms with Crippen molar-refractivity contribution < 1.29 is 9.18 Å². The van der Waals surface area contributed by atoms with E-state index in [1.807, 2.05) is 0 Å². The Kier molecular flexibility index (Phi) is 3.34. The summed E-state index contributed by atoms with van der Waals surface area (Å²) in [6, 6.07) is 4.14. The number of hydrogen-bond acceptors (Lipinski definition) is 2. The van der Waals surface area contributed by atoms with Crippen molar-refractivity contribution >= 4 is 12.1 Å². The third-order valence-electron chi connectivity index (χ3n) is 1.75. The summed E-state index contributed by atoms with van der Waals surface area (Å²) in [6.07, 6.45) is 1.38. The van der Waals surface area contributed by atoms with Crippen LogP contribution in [0.5, 0.6) is 0 Å². The van der Waals surface area contributed by atoms with E-state index in [-0.39, 0.29) is 11.7 Å². The summed E-state index contributed by atoms with van der Waals surface area (Å²) in [5.41, 5.74) is 0.734. The first-order chi connectivity index (χ1) is 6.69. The van der Waals surface area contributed by atoms with Crippen molar-refractivity contribution in [3.8, 4) is 0 Å². The topological polar surface area (TPSA) is 41.5 Å². The van der Waals surface area contributed by atoms with E-state index in [2.05, 4.69) is 10.3 Å². The van der Waals surface area contributed by atoms with Gasteiger partial charge in [0.25, 0.3) is 5.91 Å². The van der Waals surface area contributed by atoms with Gasteiger partial charge in [-0.1, -0.05) is 0 Å². The molecule has 0 unspecified atom stereocenters. The normalized spacial score (nSPS) is 10.5. The van der Waals surface area contributed by atoms with Crippen LogP contribution in [0.25, 0.3) is 0 Å². The van der Waals surface area contributed by atoms with Crippen molar-refractivity contribution in [2.24, 2.45) is 4.99 Å². The van der Waals surface area contributed by atoms with Crippen LogP contribution in [0.4, 0.5) is 4.39 Å². The van der Waals surface area contributed by atoms with Gasteiger partial charge in [-0.3, -0.25) is 9.79 Å². The van der Waals surface area contributed by atoms with Gasteiger partial charge in [-0.2, -0.15) is 0 Å². The Morgan fingerprint density at radius 1 is 1.57 bits per heavy atom. The Morgan fingerprint density at radius 3 is 2.86 bits per heavy atom. The molecule has 74 valence electrons. The Bertz CT molecular complexity index is 374. The number of aliphatic imine (C=N–C) groups is 1. The first kappa shape index (κ1) is 10.4. The summed E-state index contributed by atoms with van der Waals surface area (Å²) in [5, 5.41) is 2.46.